The van der Waals surface area contributed by atoms with Crippen molar-refractivity contribution >= 4 is 23.5 Å². The maximum Gasteiger partial charge on any atom is 0.236 e. The molecule has 2 rings (SSSR count). The van der Waals surface area contributed by atoms with Crippen molar-refractivity contribution in [2.24, 2.45) is 0 Å². The molecule has 2 heterocycles. The highest BCUT2D eigenvalue weighted by atomic mass is 32.2. The molecule has 1 aliphatic rings. The lowest BCUT2D eigenvalue weighted by Crippen LogP contribution is -2.44. The molecule has 1 aromatic rings. The van der Waals surface area contributed by atoms with E-state index in [1.54, 1.807) is 37.1 Å². The van der Waals surface area contributed by atoms with Gasteiger partial charge in [0.15, 0.2) is 0 Å². The van der Waals surface area contributed by atoms with Crippen molar-refractivity contribution in [2.75, 3.05) is 45.3 Å². The molecule has 116 valence electrons. The largest absolute Gasteiger partial charge is 0.367 e. The summed E-state index contributed by atoms with van der Waals surface area (Å²) in [6.45, 7) is 2.40. The average molecular weight is 309 g/mol. The molecule has 0 radical (unpaired) electrons. The van der Waals surface area contributed by atoms with Gasteiger partial charge in [-0.3, -0.25) is 9.69 Å². The van der Waals surface area contributed by atoms with Crippen molar-refractivity contribution < 1.29 is 4.79 Å². The fraction of sp³-hybridized carbons (Fsp3) is 0.643. The zero-order valence-electron chi connectivity index (χ0n) is 12.9. The third-order valence-electron chi connectivity index (χ3n) is 3.65. The summed E-state index contributed by atoms with van der Waals surface area (Å²) in [5.41, 5.74) is 0. The molecule has 1 saturated heterocycles. The van der Waals surface area contributed by atoms with Gasteiger partial charge in [0, 0.05) is 39.3 Å². The van der Waals surface area contributed by atoms with E-state index in [9.17, 15) is 4.79 Å². The third kappa shape index (κ3) is 4.86. The molecule has 1 amide bonds. The highest BCUT2D eigenvalue weighted by molar-refractivity contribution is 7.98. The van der Waals surface area contributed by atoms with Gasteiger partial charge in [0.25, 0.3) is 0 Å². The number of likely N-dealkylation sites (N-methyl/N-ethyl adjacent to an activating group) is 1. The Hall–Kier alpha value is -1.34. The van der Waals surface area contributed by atoms with Gasteiger partial charge < -0.3 is 10.2 Å². The minimum atomic E-state index is 0.168. The molecule has 0 aromatic carbocycles. The van der Waals surface area contributed by atoms with Gasteiger partial charge in [0.1, 0.15) is 17.2 Å². The lowest BCUT2D eigenvalue weighted by atomic mass is 10.1. The van der Waals surface area contributed by atoms with Crippen LogP contribution in [0.25, 0.3) is 0 Å². The van der Waals surface area contributed by atoms with Gasteiger partial charge in [-0.05, 0) is 19.1 Å². The van der Waals surface area contributed by atoms with E-state index >= 15 is 0 Å². The number of rotatable bonds is 5. The van der Waals surface area contributed by atoms with E-state index in [1.807, 2.05) is 12.3 Å². The number of aromatic nitrogens is 2. The lowest BCUT2D eigenvalue weighted by Gasteiger charge is -2.32. The highest BCUT2D eigenvalue weighted by Gasteiger charge is 2.21. The maximum absolute atomic E-state index is 11.7. The number of nitrogens with one attached hydrogen (secondary N) is 1. The highest BCUT2D eigenvalue weighted by Crippen LogP contribution is 2.18. The molecule has 0 bridgehead atoms. The van der Waals surface area contributed by atoms with Gasteiger partial charge >= 0.3 is 0 Å². The lowest BCUT2D eigenvalue weighted by molar-refractivity contribution is -0.130. The van der Waals surface area contributed by atoms with Crippen LogP contribution >= 0.6 is 11.8 Å². The summed E-state index contributed by atoms with van der Waals surface area (Å²) >= 11 is 1.61. The molecule has 0 saturated carbocycles. The molecule has 0 unspecified atom stereocenters. The number of thioether (sulfide) groups is 1. The SMILES string of the molecule is CSc1cc(NC2CCN(CC(=O)N(C)C)CC2)ncn1. The van der Waals surface area contributed by atoms with Crippen LogP contribution in [0.1, 0.15) is 12.8 Å². The summed E-state index contributed by atoms with van der Waals surface area (Å²) in [4.78, 5) is 24.0. The molecule has 1 aliphatic heterocycles. The Morgan fingerprint density at radius 2 is 2.14 bits per heavy atom. The number of likely N-dealkylation sites (tertiary alicyclic amines) is 1. The van der Waals surface area contributed by atoms with Crippen molar-refractivity contribution in [3.63, 3.8) is 0 Å². The van der Waals surface area contributed by atoms with Crippen LogP contribution in [-0.2, 0) is 4.79 Å². The first-order valence-corrected chi connectivity index (χ1v) is 8.36. The molecule has 21 heavy (non-hydrogen) atoms. The number of carbonyl (C=O) groups excluding carboxylic acids is 1. The minimum absolute atomic E-state index is 0.168. The van der Waals surface area contributed by atoms with Crippen molar-refractivity contribution in [3.05, 3.63) is 12.4 Å². The Morgan fingerprint density at radius 1 is 1.43 bits per heavy atom. The summed E-state index contributed by atoms with van der Waals surface area (Å²) < 4.78 is 0. The molecule has 0 spiro atoms. The van der Waals surface area contributed by atoms with Crippen molar-refractivity contribution in [1.82, 2.24) is 19.8 Å². The Labute approximate surface area is 130 Å². The fourth-order valence-corrected chi connectivity index (χ4v) is 2.69. The third-order valence-corrected chi connectivity index (χ3v) is 4.29. The molecule has 6 nitrogen and oxygen atoms in total. The summed E-state index contributed by atoms with van der Waals surface area (Å²) in [7, 11) is 3.60. The monoisotopic (exact) mass is 309 g/mol. The number of piperidine rings is 1. The zero-order valence-corrected chi connectivity index (χ0v) is 13.7. The molecular weight excluding hydrogens is 286 g/mol. The minimum Gasteiger partial charge on any atom is -0.367 e. The van der Waals surface area contributed by atoms with Gasteiger partial charge in [0.2, 0.25) is 5.91 Å². The van der Waals surface area contributed by atoms with Crippen LogP contribution in [0.15, 0.2) is 17.4 Å². The normalized spacial score (nSPS) is 16.7. The fourth-order valence-electron chi connectivity index (χ4n) is 2.31. The molecule has 1 aromatic heterocycles. The number of hydrogen-bond donors (Lipinski definition) is 1. The quantitative estimate of drug-likeness (QED) is 0.651. The molecule has 1 fully saturated rings. The van der Waals surface area contributed by atoms with Crippen molar-refractivity contribution in [3.8, 4) is 0 Å². The van der Waals surface area contributed by atoms with Gasteiger partial charge in [-0.25, -0.2) is 9.97 Å². The van der Waals surface area contributed by atoms with Gasteiger partial charge in [-0.15, -0.1) is 11.8 Å². The first-order chi connectivity index (χ1) is 10.1. The van der Waals surface area contributed by atoms with Crippen LogP contribution in [0.3, 0.4) is 0 Å². The van der Waals surface area contributed by atoms with Crippen LogP contribution in [0.2, 0.25) is 0 Å². The Bertz CT molecular complexity index is 474. The van der Waals surface area contributed by atoms with Crippen LogP contribution in [-0.4, -0.2) is 71.7 Å². The van der Waals surface area contributed by atoms with E-state index in [-0.39, 0.29) is 5.91 Å². The van der Waals surface area contributed by atoms with E-state index in [0.29, 0.717) is 12.6 Å². The summed E-state index contributed by atoms with van der Waals surface area (Å²) in [5, 5.41) is 4.44. The molecule has 7 heteroatoms. The number of amides is 1. The first-order valence-electron chi connectivity index (χ1n) is 7.13. The molecule has 0 atom stereocenters. The second-order valence-corrected chi connectivity index (χ2v) is 6.26. The van der Waals surface area contributed by atoms with Crippen molar-refractivity contribution in [1.29, 1.82) is 0 Å². The second kappa shape index (κ2) is 7.61. The summed E-state index contributed by atoms with van der Waals surface area (Å²) in [6, 6.07) is 2.40. The van der Waals surface area contributed by atoms with Crippen LogP contribution in [0.4, 0.5) is 5.82 Å². The first kappa shape index (κ1) is 16.0. The predicted octanol–water partition coefficient (Wildman–Crippen LogP) is 1.16. The van der Waals surface area contributed by atoms with E-state index in [4.69, 9.17) is 0 Å². The maximum atomic E-state index is 11.7. The van der Waals surface area contributed by atoms with E-state index in [2.05, 4.69) is 20.2 Å². The Balaban J connectivity index is 1.80. The standard InChI is InChI=1S/C14H23N5OS/c1-18(2)14(20)9-19-6-4-11(5-7-19)17-12-8-13(21-3)16-10-15-12/h8,10-11H,4-7,9H2,1-3H3,(H,15,16,17). The topological polar surface area (TPSA) is 61.4 Å². The summed E-state index contributed by atoms with van der Waals surface area (Å²) in [5.74, 6) is 1.05. The number of hydrogen-bond acceptors (Lipinski definition) is 6. The average Bonchev–Trinajstić information content (AvgIpc) is 2.49. The van der Waals surface area contributed by atoms with Crippen LogP contribution in [0.5, 0.6) is 0 Å². The van der Waals surface area contributed by atoms with E-state index in [0.717, 1.165) is 36.8 Å². The Morgan fingerprint density at radius 3 is 2.76 bits per heavy atom. The predicted molar refractivity (Wildman–Crippen MR) is 85.6 cm³/mol. The van der Waals surface area contributed by atoms with Gasteiger partial charge in [-0.1, -0.05) is 0 Å². The Kier molecular flexibility index (Phi) is 5.81. The molecule has 1 N–H and O–H groups in total. The number of carbonyl (C=O) groups is 1. The van der Waals surface area contributed by atoms with Crippen LogP contribution in [0, 0.1) is 0 Å². The van der Waals surface area contributed by atoms with E-state index < -0.39 is 0 Å². The van der Waals surface area contributed by atoms with Crippen LogP contribution < -0.4 is 5.32 Å². The second-order valence-electron chi connectivity index (χ2n) is 5.43. The smallest absolute Gasteiger partial charge is 0.236 e. The zero-order chi connectivity index (χ0) is 15.2. The molecular formula is C14H23N5OS. The van der Waals surface area contributed by atoms with E-state index in [1.165, 1.54) is 0 Å². The number of anilines is 1. The summed E-state index contributed by atoms with van der Waals surface area (Å²) in [6.07, 6.45) is 5.66. The van der Waals surface area contributed by atoms with Gasteiger partial charge in [-0.2, -0.15) is 0 Å². The molecule has 0 aliphatic carbocycles. The van der Waals surface area contributed by atoms with Gasteiger partial charge in [0.05, 0.1) is 6.54 Å². The van der Waals surface area contributed by atoms with Crippen molar-refractivity contribution in [2.45, 2.75) is 23.9 Å². The number of nitrogens with zero attached hydrogens (tertiary/aromatic N) is 4.